The third kappa shape index (κ3) is 3.22. The van der Waals surface area contributed by atoms with Gasteiger partial charge in [0.25, 0.3) is 0 Å². The molecular weight excluding hydrogens is 188 g/mol. The minimum absolute atomic E-state index is 0.737. The number of hydrogen-bond acceptors (Lipinski definition) is 3. The van der Waals surface area contributed by atoms with E-state index in [2.05, 4.69) is 25.2 Å². The molecule has 0 atom stereocenters. The van der Waals surface area contributed by atoms with E-state index in [-0.39, 0.29) is 0 Å². The number of methoxy groups -OCH3 is 1. The van der Waals surface area contributed by atoms with E-state index in [0.29, 0.717) is 0 Å². The van der Waals surface area contributed by atoms with Gasteiger partial charge >= 0.3 is 0 Å². The highest BCUT2D eigenvalue weighted by molar-refractivity contribution is 5.52. The third-order valence-electron chi connectivity index (χ3n) is 2.66. The Hall–Kier alpha value is -1.06. The van der Waals surface area contributed by atoms with E-state index in [1.807, 2.05) is 6.07 Å². The van der Waals surface area contributed by atoms with Crippen molar-refractivity contribution in [1.82, 2.24) is 5.32 Å². The summed E-state index contributed by atoms with van der Waals surface area (Å²) < 4.78 is 4.98. The number of nitrogen functional groups attached to an aromatic ring is 1. The highest BCUT2D eigenvalue weighted by atomic mass is 16.5. The molecule has 1 aromatic rings. The average Bonchev–Trinajstić information content (AvgIpc) is 2.23. The molecule has 15 heavy (non-hydrogen) atoms. The zero-order valence-electron chi connectivity index (χ0n) is 9.76. The zero-order valence-corrected chi connectivity index (χ0v) is 9.76. The van der Waals surface area contributed by atoms with Crippen LogP contribution < -0.4 is 11.1 Å². The number of nitrogens with one attached hydrogen (secondary N) is 1. The van der Waals surface area contributed by atoms with E-state index in [0.717, 1.165) is 25.4 Å². The highest BCUT2D eigenvalue weighted by Crippen LogP contribution is 2.19. The Balaban J connectivity index is 2.63. The van der Waals surface area contributed by atoms with Crippen LogP contribution in [-0.2, 0) is 11.3 Å². The van der Waals surface area contributed by atoms with Gasteiger partial charge in [0.2, 0.25) is 0 Å². The number of anilines is 1. The molecule has 0 aromatic heterocycles. The summed E-state index contributed by atoms with van der Waals surface area (Å²) in [4.78, 5) is 0. The SMILES string of the molecule is COCCNCc1c(C)ccc(N)c1C. The lowest BCUT2D eigenvalue weighted by molar-refractivity contribution is 0.199. The van der Waals surface area contributed by atoms with Gasteiger partial charge in [-0.1, -0.05) is 6.07 Å². The molecule has 3 heteroatoms. The summed E-state index contributed by atoms with van der Waals surface area (Å²) in [7, 11) is 1.71. The minimum Gasteiger partial charge on any atom is -0.399 e. The van der Waals surface area contributed by atoms with Crippen molar-refractivity contribution in [1.29, 1.82) is 0 Å². The van der Waals surface area contributed by atoms with E-state index < -0.39 is 0 Å². The fourth-order valence-electron chi connectivity index (χ4n) is 1.57. The fraction of sp³-hybridized carbons (Fsp3) is 0.500. The van der Waals surface area contributed by atoms with Crippen molar-refractivity contribution in [3.05, 3.63) is 28.8 Å². The highest BCUT2D eigenvalue weighted by Gasteiger charge is 2.04. The van der Waals surface area contributed by atoms with Gasteiger partial charge in [-0.25, -0.2) is 0 Å². The van der Waals surface area contributed by atoms with Crippen molar-refractivity contribution in [3.63, 3.8) is 0 Å². The summed E-state index contributed by atoms with van der Waals surface area (Å²) in [6.07, 6.45) is 0. The standard InChI is InChI=1S/C12H20N2O/c1-9-4-5-12(13)10(2)11(9)8-14-6-7-15-3/h4-5,14H,6-8,13H2,1-3H3. The van der Waals surface area contributed by atoms with Gasteiger partial charge in [0, 0.05) is 25.9 Å². The average molecular weight is 208 g/mol. The molecule has 0 saturated heterocycles. The van der Waals surface area contributed by atoms with Crippen LogP contribution in [-0.4, -0.2) is 20.3 Å². The number of benzene rings is 1. The Kier molecular flexibility index (Phi) is 4.59. The van der Waals surface area contributed by atoms with Gasteiger partial charge in [0.1, 0.15) is 0 Å². The zero-order chi connectivity index (χ0) is 11.3. The molecule has 1 aromatic carbocycles. The fourth-order valence-corrected chi connectivity index (χ4v) is 1.57. The molecule has 0 heterocycles. The molecule has 0 aliphatic heterocycles. The minimum atomic E-state index is 0.737. The van der Waals surface area contributed by atoms with E-state index in [4.69, 9.17) is 10.5 Å². The summed E-state index contributed by atoms with van der Waals surface area (Å²) in [5, 5.41) is 3.33. The van der Waals surface area contributed by atoms with E-state index in [1.54, 1.807) is 7.11 Å². The Bertz CT molecular complexity index is 324. The lowest BCUT2D eigenvalue weighted by Gasteiger charge is -2.12. The van der Waals surface area contributed by atoms with Crippen molar-refractivity contribution in [2.75, 3.05) is 26.0 Å². The number of rotatable bonds is 5. The summed E-state index contributed by atoms with van der Waals surface area (Å²) in [6, 6.07) is 4.03. The molecule has 0 aliphatic rings. The van der Waals surface area contributed by atoms with E-state index >= 15 is 0 Å². The Morgan fingerprint density at radius 2 is 2.07 bits per heavy atom. The monoisotopic (exact) mass is 208 g/mol. The molecule has 0 spiro atoms. The maximum atomic E-state index is 5.87. The third-order valence-corrected chi connectivity index (χ3v) is 2.66. The van der Waals surface area contributed by atoms with Crippen LogP contribution in [0, 0.1) is 13.8 Å². The van der Waals surface area contributed by atoms with Crippen LogP contribution in [0.3, 0.4) is 0 Å². The molecule has 3 nitrogen and oxygen atoms in total. The first-order valence-electron chi connectivity index (χ1n) is 5.21. The van der Waals surface area contributed by atoms with Gasteiger partial charge in [-0.2, -0.15) is 0 Å². The van der Waals surface area contributed by atoms with Gasteiger partial charge in [0.05, 0.1) is 6.61 Å². The second kappa shape index (κ2) is 5.73. The molecule has 0 saturated carbocycles. The van der Waals surface area contributed by atoms with Crippen molar-refractivity contribution in [3.8, 4) is 0 Å². The lowest BCUT2D eigenvalue weighted by atomic mass is 10.0. The molecule has 84 valence electrons. The predicted molar refractivity (Wildman–Crippen MR) is 63.9 cm³/mol. The first-order chi connectivity index (χ1) is 7.16. The van der Waals surface area contributed by atoms with Gasteiger partial charge in [0.15, 0.2) is 0 Å². The van der Waals surface area contributed by atoms with Crippen LogP contribution in [0.4, 0.5) is 5.69 Å². The summed E-state index contributed by atoms with van der Waals surface area (Å²) >= 11 is 0. The summed E-state index contributed by atoms with van der Waals surface area (Å²) in [6.45, 7) is 6.63. The van der Waals surface area contributed by atoms with Crippen LogP contribution >= 0.6 is 0 Å². The first kappa shape index (κ1) is 12.0. The summed E-state index contributed by atoms with van der Waals surface area (Å²) in [5.41, 5.74) is 10.5. The molecule has 0 bridgehead atoms. The molecular formula is C12H20N2O. The smallest absolute Gasteiger partial charge is 0.0587 e. The van der Waals surface area contributed by atoms with Crippen molar-refractivity contribution >= 4 is 5.69 Å². The maximum absolute atomic E-state index is 5.87. The van der Waals surface area contributed by atoms with Crippen LogP contribution in [0.2, 0.25) is 0 Å². The van der Waals surface area contributed by atoms with Gasteiger partial charge in [-0.3, -0.25) is 0 Å². The van der Waals surface area contributed by atoms with E-state index in [1.165, 1.54) is 16.7 Å². The second-order valence-electron chi connectivity index (χ2n) is 3.74. The topological polar surface area (TPSA) is 47.3 Å². The normalized spacial score (nSPS) is 10.6. The first-order valence-corrected chi connectivity index (χ1v) is 5.21. The summed E-state index contributed by atoms with van der Waals surface area (Å²) in [5.74, 6) is 0. The molecule has 0 aliphatic carbocycles. The lowest BCUT2D eigenvalue weighted by Crippen LogP contribution is -2.20. The van der Waals surface area contributed by atoms with Crippen molar-refractivity contribution < 1.29 is 4.74 Å². The number of aryl methyl sites for hydroxylation is 1. The number of ether oxygens (including phenoxy) is 1. The molecule has 3 N–H and O–H groups in total. The Labute approximate surface area is 91.6 Å². The quantitative estimate of drug-likeness (QED) is 0.571. The second-order valence-corrected chi connectivity index (χ2v) is 3.74. The van der Waals surface area contributed by atoms with Gasteiger partial charge in [-0.15, -0.1) is 0 Å². The number of hydrogen-bond donors (Lipinski definition) is 2. The van der Waals surface area contributed by atoms with Crippen LogP contribution in [0.5, 0.6) is 0 Å². The maximum Gasteiger partial charge on any atom is 0.0587 e. The van der Waals surface area contributed by atoms with E-state index in [9.17, 15) is 0 Å². The molecule has 0 fully saturated rings. The Morgan fingerprint density at radius 1 is 1.33 bits per heavy atom. The molecule has 0 amide bonds. The predicted octanol–water partition coefficient (Wildman–Crippen LogP) is 1.62. The number of nitrogens with two attached hydrogens (primary N) is 1. The van der Waals surface area contributed by atoms with Gasteiger partial charge in [-0.05, 0) is 36.6 Å². The molecule has 1 rings (SSSR count). The van der Waals surface area contributed by atoms with Gasteiger partial charge < -0.3 is 15.8 Å². The molecule has 0 unspecified atom stereocenters. The largest absolute Gasteiger partial charge is 0.399 e. The van der Waals surface area contributed by atoms with Crippen LogP contribution in [0.25, 0.3) is 0 Å². The Morgan fingerprint density at radius 3 is 2.73 bits per heavy atom. The van der Waals surface area contributed by atoms with Crippen LogP contribution in [0.15, 0.2) is 12.1 Å². The van der Waals surface area contributed by atoms with Crippen LogP contribution in [0.1, 0.15) is 16.7 Å². The molecule has 0 radical (unpaired) electrons. The van der Waals surface area contributed by atoms with Crippen molar-refractivity contribution in [2.45, 2.75) is 20.4 Å². The van der Waals surface area contributed by atoms with Crippen molar-refractivity contribution in [2.24, 2.45) is 0 Å².